The zero-order chi connectivity index (χ0) is 22.6. The van der Waals surface area contributed by atoms with Gasteiger partial charge >= 0.3 is 6.09 Å². The highest BCUT2D eigenvalue weighted by molar-refractivity contribution is 5.87. The van der Waals surface area contributed by atoms with Gasteiger partial charge in [0.2, 0.25) is 0 Å². The molecule has 10 heteroatoms. The molecule has 1 amide bonds. The Kier molecular flexibility index (Phi) is 6.59. The first-order valence-electron chi connectivity index (χ1n) is 11.0. The maximum Gasteiger partial charge on any atom is 0.407 e. The molecule has 3 aromatic rings. The summed E-state index contributed by atoms with van der Waals surface area (Å²) in [6.07, 6.45) is 8.36. The number of aromatic nitrogens is 5. The lowest BCUT2D eigenvalue weighted by molar-refractivity contribution is -0.0366. The number of amides is 1. The molecular weight excluding hydrogens is 412 g/mol. The Labute approximate surface area is 186 Å². The molecule has 3 heterocycles. The van der Waals surface area contributed by atoms with Crippen LogP contribution in [0.1, 0.15) is 52.7 Å². The Balaban J connectivity index is 1.48. The van der Waals surface area contributed by atoms with E-state index in [-0.39, 0.29) is 6.23 Å². The largest absolute Gasteiger partial charge is 0.493 e. The van der Waals surface area contributed by atoms with Crippen LogP contribution in [-0.4, -0.2) is 56.0 Å². The van der Waals surface area contributed by atoms with Crippen molar-refractivity contribution in [3.05, 3.63) is 31.0 Å². The van der Waals surface area contributed by atoms with Gasteiger partial charge in [-0.3, -0.25) is 4.57 Å². The molecule has 2 aromatic heterocycles. The first-order chi connectivity index (χ1) is 15.4. The van der Waals surface area contributed by atoms with Crippen LogP contribution in [0.3, 0.4) is 0 Å². The van der Waals surface area contributed by atoms with Crippen LogP contribution in [-0.2, 0) is 9.47 Å². The van der Waals surface area contributed by atoms with E-state index < -0.39 is 11.7 Å². The molecule has 32 heavy (non-hydrogen) atoms. The predicted octanol–water partition coefficient (Wildman–Crippen LogP) is 3.61. The van der Waals surface area contributed by atoms with Gasteiger partial charge in [0, 0.05) is 19.2 Å². The van der Waals surface area contributed by atoms with E-state index in [0.717, 1.165) is 42.5 Å². The fourth-order valence-electron chi connectivity index (χ4n) is 3.61. The van der Waals surface area contributed by atoms with E-state index in [1.165, 1.54) is 0 Å². The van der Waals surface area contributed by atoms with Crippen molar-refractivity contribution in [3.63, 3.8) is 0 Å². The number of hydrogen-bond donors (Lipinski definition) is 1. The third kappa shape index (κ3) is 5.37. The predicted molar refractivity (Wildman–Crippen MR) is 118 cm³/mol. The van der Waals surface area contributed by atoms with E-state index in [2.05, 4.69) is 20.6 Å². The Hall–Kier alpha value is -3.14. The van der Waals surface area contributed by atoms with Crippen LogP contribution in [0, 0.1) is 0 Å². The second-order valence-electron chi connectivity index (χ2n) is 8.79. The lowest BCUT2D eigenvalue weighted by Crippen LogP contribution is -2.33. The van der Waals surface area contributed by atoms with Gasteiger partial charge in [-0.15, -0.1) is 10.2 Å². The third-order valence-corrected chi connectivity index (χ3v) is 5.06. The zero-order valence-corrected chi connectivity index (χ0v) is 18.8. The number of benzene rings is 1. The van der Waals surface area contributed by atoms with Crippen molar-refractivity contribution in [1.29, 1.82) is 0 Å². The molecule has 0 aliphatic carbocycles. The summed E-state index contributed by atoms with van der Waals surface area (Å²) in [6, 6.07) is 3.99. The molecule has 1 aliphatic rings. The summed E-state index contributed by atoms with van der Waals surface area (Å²) in [5.41, 5.74) is 1.30. The minimum absolute atomic E-state index is 0.0803. The van der Waals surface area contributed by atoms with Crippen molar-refractivity contribution in [1.82, 2.24) is 29.9 Å². The molecule has 1 atom stereocenters. The molecule has 172 valence electrons. The molecule has 1 unspecified atom stereocenters. The molecule has 4 rings (SSSR count). The molecule has 1 aromatic carbocycles. The summed E-state index contributed by atoms with van der Waals surface area (Å²) in [5.74, 6) is 0.713. The SMILES string of the molecule is CC(C)(C)OC(=O)NCCCOc1cc(-n2cnnc2)cc2c1cnn2C1CCCCO1. The highest BCUT2D eigenvalue weighted by Gasteiger charge is 2.21. The van der Waals surface area contributed by atoms with Crippen molar-refractivity contribution in [2.24, 2.45) is 0 Å². The van der Waals surface area contributed by atoms with Crippen LogP contribution in [0.5, 0.6) is 5.75 Å². The van der Waals surface area contributed by atoms with Gasteiger partial charge in [-0.25, -0.2) is 9.48 Å². The van der Waals surface area contributed by atoms with E-state index >= 15 is 0 Å². The number of carbonyl (C=O) groups excluding carboxylic acids is 1. The van der Waals surface area contributed by atoms with Gasteiger partial charge in [-0.2, -0.15) is 5.10 Å². The van der Waals surface area contributed by atoms with Gasteiger partial charge in [-0.05, 0) is 52.5 Å². The molecule has 10 nitrogen and oxygen atoms in total. The zero-order valence-electron chi connectivity index (χ0n) is 18.8. The van der Waals surface area contributed by atoms with E-state index in [4.69, 9.17) is 14.2 Å². The summed E-state index contributed by atoms with van der Waals surface area (Å²) in [7, 11) is 0. The summed E-state index contributed by atoms with van der Waals surface area (Å²) < 4.78 is 21.1. The number of ether oxygens (including phenoxy) is 3. The molecule has 0 bridgehead atoms. The van der Waals surface area contributed by atoms with E-state index in [9.17, 15) is 4.79 Å². The fourth-order valence-corrected chi connectivity index (χ4v) is 3.61. The third-order valence-electron chi connectivity index (χ3n) is 5.06. The Morgan fingerprint density at radius 3 is 2.78 bits per heavy atom. The number of rotatable bonds is 7. The average molecular weight is 443 g/mol. The van der Waals surface area contributed by atoms with E-state index in [0.29, 0.717) is 25.3 Å². The number of fused-ring (bicyclic) bond motifs is 1. The van der Waals surface area contributed by atoms with Crippen LogP contribution < -0.4 is 10.1 Å². The van der Waals surface area contributed by atoms with Crippen LogP contribution >= 0.6 is 0 Å². The Bertz CT molecular complexity index is 1030. The van der Waals surface area contributed by atoms with Crippen molar-refractivity contribution in [2.75, 3.05) is 19.8 Å². The van der Waals surface area contributed by atoms with Gasteiger partial charge in [0.1, 0.15) is 24.0 Å². The molecule has 0 spiro atoms. The van der Waals surface area contributed by atoms with Crippen molar-refractivity contribution >= 4 is 17.0 Å². The minimum atomic E-state index is -0.517. The number of alkyl carbamates (subject to hydrolysis) is 1. The lowest BCUT2D eigenvalue weighted by atomic mass is 10.1. The maximum absolute atomic E-state index is 11.8. The van der Waals surface area contributed by atoms with E-state index in [1.807, 2.05) is 48.3 Å². The second-order valence-corrected chi connectivity index (χ2v) is 8.79. The molecule has 1 N–H and O–H groups in total. The van der Waals surface area contributed by atoms with Crippen LogP contribution in [0.15, 0.2) is 31.0 Å². The van der Waals surface area contributed by atoms with Gasteiger partial charge in [0.15, 0.2) is 6.23 Å². The van der Waals surface area contributed by atoms with Gasteiger partial charge in [0.05, 0.1) is 29.4 Å². The standard InChI is InChI=1S/C22H30N6O4/c1-22(2,3)32-21(29)23-8-6-10-30-19-12-16(27-14-24-25-15-27)11-18-17(19)13-26-28(18)20-7-4-5-9-31-20/h11-15,20H,4-10H2,1-3H3,(H,23,29). The summed E-state index contributed by atoms with van der Waals surface area (Å²) in [4.78, 5) is 11.8. The second kappa shape index (κ2) is 9.56. The Morgan fingerprint density at radius 2 is 2.06 bits per heavy atom. The van der Waals surface area contributed by atoms with Gasteiger partial charge in [-0.1, -0.05) is 0 Å². The fraction of sp³-hybridized carbons (Fsp3) is 0.545. The normalized spacial score (nSPS) is 16.8. The van der Waals surface area contributed by atoms with Crippen LogP contribution in [0.4, 0.5) is 4.79 Å². The summed E-state index contributed by atoms with van der Waals surface area (Å²) in [5, 5.41) is 16.1. The minimum Gasteiger partial charge on any atom is -0.493 e. The maximum atomic E-state index is 11.8. The van der Waals surface area contributed by atoms with Gasteiger partial charge in [0.25, 0.3) is 0 Å². The molecule has 1 fully saturated rings. The van der Waals surface area contributed by atoms with Crippen molar-refractivity contribution in [2.45, 2.75) is 58.3 Å². The summed E-state index contributed by atoms with van der Waals surface area (Å²) in [6.45, 7) is 7.14. The number of hydrogen-bond acceptors (Lipinski definition) is 7. The number of carbonyl (C=O) groups is 1. The lowest BCUT2D eigenvalue weighted by Gasteiger charge is -2.23. The first kappa shape index (κ1) is 22.1. The monoisotopic (exact) mass is 442 g/mol. The molecular formula is C22H30N6O4. The first-order valence-corrected chi connectivity index (χ1v) is 11.0. The number of nitrogens with zero attached hydrogens (tertiary/aromatic N) is 5. The van der Waals surface area contributed by atoms with Gasteiger partial charge < -0.3 is 19.5 Å². The highest BCUT2D eigenvalue weighted by atomic mass is 16.6. The van der Waals surface area contributed by atoms with Crippen LogP contribution in [0.2, 0.25) is 0 Å². The average Bonchev–Trinajstić information content (AvgIpc) is 3.43. The molecule has 0 saturated carbocycles. The summed E-state index contributed by atoms with van der Waals surface area (Å²) >= 11 is 0. The smallest absolute Gasteiger partial charge is 0.407 e. The Morgan fingerprint density at radius 1 is 1.25 bits per heavy atom. The highest BCUT2D eigenvalue weighted by Crippen LogP contribution is 2.33. The quantitative estimate of drug-likeness (QED) is 0.557. The van der Waals surface area contributed by atoms with Crippen LogP contribution in [0.25, 0.3) is 16.6 Å². The molecule has 1 aliphatic heterocycles. The number of nitrogens with one attached hydrogen (secondary N) is 1. The van der Waals surface area contributed by atoms with E-state index in [1.54, 1.807) is 12.7 Å². The molecule has 0 radical (unpaired) electrons. The topological polar surface area (TPSA) is 105 Å². The van der Waals surface area contributed by atoms with Crippen molar-refractivity contribution < 1.29 is 19.0 Å². The van der Waals surface area contributed by atoms with Crippen molar-refractivity contribution in [3.8, 4) is 11.4 Å². The molecule has 1 saturated heterocycles.